The molecule has 1 aliphatic rings. The quantitative estimate of drug-likeness (QED) is 0.925. The van der Waals surface area contributed by atoms with Crippen LogP contribution in [-0.2, 0) is 13.6 Å². The van der Waals surface area contributed by atoms with Crippen LogP contribution in [0.2, 0.25) is 0 Å². The van der Waals surface area contributed by atoms with Crippen LogP contribution in [0.4, 0.5) is 0 Å². The molecule has 1 aliphatic heterocycles. The molecule has 1 atom stereocenters. The molecule has 0 aromatic carbocycles. The van der Waals surface area contributed by atoms with Gasteiger partial charge in [-0.1, -0.05) is 13.8 Å². The Balaban J connectivity index is 2.16. The van der Waals surface area contributed by atoms with Crippen LogP contribution in [-0.4, -0.2) is 40.4 Å². The first-order chi connectivity index (χ1) is 8.50. The molecule has 4 nitrogen and oxygen atoms in total. The molecular formula is C13H23BrN4. The second-order valence-electron chi connectivity index (χ2n) is 5.46. The smallest absolute Gasteiger partial charge is 0.0739 e. The first-order valence-electron chi connectivity index (χ1n) is 6.63. The van der Waals surface area contributed by atoms with Crippen LogP contribution in [0.25, 0.3) is 0 Å². The van der Waals surface area contributed by atoms with Gasteiger partial charge in [0.2, 0.25) is 0 Å². The molecule has 0 saturated carbocycles. The van der Waals surface area contributed by atoms with Gasteiger partial charge in [-0.2, -0.15) is 5.10 Å². The summed E-state index contributed by atoms with van der Waals surface area (Å²) in [6.45, 7) is 10.9. The Hall–Kier alpha value is -0.390. The molecule has 1 aromatic rings. The van der Waals surface area contributed by atoms with Crippen molar-refractivity contribution >= 4 is 15.9 Å². The first-order valence-corrected chi connectivity index (χ1v) is 7.42. The number of hydrogen-bond donors (Lipinski definition) is 1. The Morgan fingerprint density at radius 2 is 2.22 bits per heavy atom. The highest BCUT2D eigenvalue weighted by atomic mass is 79.9. The molecule has 0 amide bonds. The highest BCUT2D eigenvalue weighted by Gasteiger charge is 2.26. The van der Waals surface area contributed by atoms with Gasteiger partial charge in [-0.3, -0.25) is 9.58 Å². The van der Waals surface area contributed by atoms with Crippen molar-refractivity contribution in [2.24, 2.45) is 13.0 Å². The predicted molar refractivity (Wildman–Crippen MR) is 77.6 cm³/mol. The highest BCUT2D eigenvalue weighted by Crippen LogP contribution is 2.24. The molecule has 1 unspecified atom stereocenters. The van der Waals surface area contributed by atoms with Gasteiger partial charge in [-0.25, -0.2) is 0 Å². The van der Waals surface area contributed by atoms with E-state index in [1.807, 2.05) is 18.7 Å². The number of aromatic nitrogens is 2. The van der Waals surface area contributed by atoms with Crippen molar-refractivity contribution in [1.82, 2.24) is 20.0 Å². The van der Waals surface area contributed by atoms with Gasteiger partial charge in [0.25, 0.3) is 0 Å². The Labute approximate surface area is 118 Å². The molecule has 102 valence electrons. The largest absolute Gasteiger partial charge is 0.314 e. The summed E-state index contributed by atoms with van der Waals surface area (Å²) in [7, 11) is 2.03. The minimum atomic E-state index is 0.612. The van der Waals surface area contributed by atoms with Gasteiger partial charge in [0.1, 0.15) is 0 Å². The average Bonchev–Trinajstić information content (AvgIpc) is 2.56. The van der Waals surface area contributed by atoms with Crippen molar-refractivity contribution < 1.29 is 0 Å². The van der Waals surface area contributed by atoms with Crippen molar-refractivity contribution in [3.05, 3.63) is 15.9 Å². The zero-order chi connectivity index (χ0) is 13.3. The van der Waals surface area contributed by atoms with Crippen molar-refractivity contribution in [3.8, 4) is 0 Å². The van der Waals surface area contributed by atoms with Crippen LogP contribution in [0.1, 0.15) is 25.2 Å². The molecule has 1 N–H and O–H groups in total. The second-order valence-corrected chi connectivity index (χ2v) is 6.25. The Bertz CT molecular complexity index is 413. The summed E-state index contributed by atoms with van der Waals surface area (Å²) >= 11 is 3.66. The summed E-state index contributed by atoms with van der Waals surface area (Å²) in [6.07, 6.45) is 0. The maximum atomic E-state index is 4.47. The summed E-state index contributed by atoms with van der Waals surface area (Å²) < 4.78 is 3.16. The third-order valence-electron chi connectivity index (χ3n) is 3.78. The van der Waals surface area contributed by atoms with E-state index in [2.05, 4.69) is 45.1 Å². The summed E-state index contributed by atoms with van der Waals surface area (Å²) in [5.74, 6) is 0.672. The van der Waals surface area contributed by atoms with E-state index in [-0.39, 0.29) is 0 Å². The van der Waals surface area contributed by atoms with Crippen LogP contribution < -0.4 is 5.32 Å². The predicted octanol–water partition coefficient (Wildman–Crippen LogP) is 1.92. The molecule has 5 heteroatoms. The van der Waals surface area contributed by atoms with Gasteiger partial charge in [0.15, 0.2) is 0 Å². The van der Waals surface area contributed by atoms with Gasteiger partial charge in [-0.15, -0.1) is 0 Å². The molecule has 1 fully saturated rings. The number of nitrogens with one attached hydrogen (secondary N) is 1. The molecule has 1 saturated heterocycles. The fourth-order valence-electron chi connectivity index (χ4n) is 2.67. The molecule has 0 aliphatic carbocycles. The van der Waals surface area contributed by atoms with Gasteiger partial charge in [-0.05, 0) is 28.8 Å². The molecule has 0 spiro atoms. The van der Waals surface area contributed by atoms with Crippen LogP contribution in [0.3, 0.4) is 0 Å². The van der Waals surface area contributed by atoms with Crippen LogP contribution in [0.15, 0.2) is 4.47 Å². The Morgan fingerprint density at radius 3 is 2.78 bits per heavy atom. The average molecular weight is 315 g/mol. The Kier molecular flexibility index (Phi) is 4.45. The molecule has 0 radical (unpaired) electrons. The summed E-state index contributed by atoms with van der Waals surface area (Å²) in [5, 5.41) is 7.96. The van der Waals surface area contributed by atoms with Crippen LogP contribution in [0.5, 0.6) is 0 Å². The number of hydrogen-bond acceptors (Lipinski definition) is 3. The van der Waals surface area contributed by atoms with E-state index in [4.69, 9.17) is 0 Å². The monoisotopic (exact) mass is 314 g/mol. The molecule has 1 aromatic heterocycles. The zero-order valence-corrected chi connectivity index (χ0v) is 13.3. The van der Waals surface area contributed by atoms with E-state index in [1.165, 1.54) is 5.69 Å². The first kappa shape index (κ1) is 14.0. The fourth-order valence-corrected chi connectivity index (χ4v) is 3.13. The number of nitrogens with zero attached hydrogens (tertiary/aromatic N) is 3. The van der Waals surface area contributed by atoms with E-state index >= 15 is 0 Å². The topological polar surface area (TPSA) is 33.1 Å². The number of rotatable bonds is 3. The number of halogens is 1. The standard InChI is InChI=1S/C13H23BrN4/c1-9(2)11-7-15-5-6-18(11)8-12-13(14)10(3)16-17(12)4/h9,11,15H,5-8H2,1-4H3. The van der Waals surface area contributed by atoms with Crippen molar-refractivity contribution in [1.29, 1.82) is 0 Å². The lowest BCUT2D eigenvalue weighted by molar-refractivity contribution is 0.114. The summed E-state index contributed by atoms with van der Waals surface area (Å²) in [6, 6.07) is 0.612. The normalized spacial score (nSPS) is 21.8. The molecule has 2 rings (SSSR count). The third kappa shape index (κ3) is 2.78. The van der Waals surface area contributed by atoms with E-state index in [1.54, 1.807) is 0 Å². The third-order valence-corrected chi connectivity index (χ3v) is 4.81. The lowest BCUT2D eigenvalue weighted by Gasteiger charge is -2.38. The molecule has 2 heterocycles. The zero-order valence-electron chi connectivity index (χ0n) is 11.7. The van der Waals surface area contributed by atoms with Crippen molar-refractivity contribution in [2.75, 3.05) is 19.6 Å². The lowest BCUT2D eigenvalue weighted by Crippen LogP contribution is -2.53. The maximum absolute atomic E-state index is 4.47. The maximum Gasteiger partial charge on any atom is 0.0739 e. The van der Waals surface area contributed by atoms with E-state index in [0.29, 0.717) is 12.0 Å². The molecule has 0 bridgehead atoms. The lowest BCUT2D eigenvalue weighted by atomic mass is 10.0. The SMILES string of the molecule is Cc1nn(C)c(CN2CCNCC2C(C)C)c1Br. The van der Waals surface area contributed by atoms with E-state index in [0.717, 1.165) is 36.3 Å². The molecular weight excluding hydrogens is 292 g/mol. The van der Waals surface area contributed by atoms with Gasteiger partial charge in [0, 0.05) is 39.3 Å². The van der Waals surface area contributed by atoms with Crippen molar-refractivity contribution in [2.45, 2.75) is 33.4 Å². The van der Waals surface area contributed by atoms with Gasteiger partial charge in [0.05, 0.1) is 15.9 Å². The number of aryl methyl sites for hydroxylation is 2. The van der Waals surface area contributed by atoms with Gasteiger partial charge >= 0.3 is 0 Å². The summed E-state index contributed by atoms with van der Waals surface area (Å²) in [5.41, 5.74) is 2.35. The fraction of sp³-hybridized carbons (Fsp3) is 0.769. The van der Waals surface area contributed by atoms with Crippen molar-refractivity contribution in [3.63, 3.8) is 0 Å². The Morgan fingerprint density at radius 1 is 1.50 bits per heavy atom. The highest BCUT2D eigenvalue weighted by molar-refractivity contribution is 9.10. The molecule has 18 heavy (non-hydrogen) atoms. The number of piperazine rings is 1. The van der Waals surface area contributed by atoms with Crippen LogP contribution >= 0.6 is 15.9 Å². The van der Waals surface area contributed by atoms with E-state index in [9.17, 15) is 0 Å². The minimum absolute atomic E-state index is 0.612. The minimum Gasteiger partial charge on any atom is -0.314 e. The van der Waals surface area contributed by atoms with Crippen LogP contribution in [0, 0.1) is 12.8 Å². The summed E-state index contributed by atoms with van der Waals surface area (Å²) in [4.78, 5) is 2.57. The van der Waals surface area contributed by atoms with Gasteiger partial charge < -0.3 is 5.32 Å². The second kappa shape index (κ2) is 5.72. The van der Waals surface area contributed by atoms with E-state index < -0.39 is 0 Å².